The number of hydrogen-bond acceptors (Lipinski definition) is 4. The summed E-state index contributed by atoms with van der Waals surface area (Å²) in [6.07, 6.45) is 5.96. The standard InChI is InChI=1S/C20H24N2O3/c23-19(22-11-9-20(14-22)10-12-24-15-20)8-4-7-18-21-13-17(25-18)16-5-2-1-3-6-16/h1-3,5-6,13H,4,7-12,14-15H2. The van der Waals surface area contributed by atoms with Crippen LogP contribution in [0.4, 0.5) is 0 Å². The fourth-order valence-corrected chi connectivity index (χ4v) is 3.83. The second kappa shape index (κ2) is 7.00. The number of aryl methyl sites for hydroxylation is 1. The van der Waals surface area contributed by atoms with Gasteiger partial charge in [0.05, 0.1) is 12.8 Å². The van der Waals surface area contributed by atoms with Gasteiger partial charge in [-0.25, -0.2) is 4.98 Å². The van der Waals surface area contributed by atoms with Crippen molar-refractivity contribution >= 4 is 5.91 Å². The van der Waals surface area contributed by atoms with Gasteiger partial charge in [0.25, 0.3) is 0 Å². The fourth-order valence-electron chi connectivity index (χ4n) is 3.83. The van der Waals surface area contributed by atoms with Crippen LogP contribution in [-0.2, 0) is 16.0 Å². The Balaban J connectivity index is 1.26. The lowest BCUT2D eigenvalue weighted by molar-refractivity contribution is -0.130. The Morgan fingerprint density at radius 2 is 2.12 bits per heavy atom. The molecule has 0 aliphatic carbocycles. The number of rotatable bonds is 5. The molecule has 3 heterocycles. The Kier molecular flexibility index (Phi) is 4.57. The van der Waals surface area contributed by atoms with Crippen LogP contribution in [0.25, 0.3) is 11.3 Å². The molecule has 132 valence electrons. The molecule has 0 N–H and O–H groups in total. The first-order chi connectivity index (χ1) is 12.2. The normalized spacial score (nSPS) is 22.8. The highest BCUT2D eigenvalue weighted by Gasteiger charge is 2.42. The third-order valence-electron chi connectivity index (χ3n) is 5.37. The van der Waals surface area contributed by atoms with Crippen molar-refractivity contribution < 1.29 is 13.9 Å². The van der Waals surface area contributed by atoms with Gasteiger partial charge in [0.2, 0.25) is 5.91 Å². The molecule has 1 atom stereocenters. The summed E-state index contributed by atoms with van der Waals surface area (Å²) < 4.78 is 11.3. The van der Waals surface area contributed by atoms with Crippen molar-refractivity contribution in [3.05, 3.63) is 42.4 Å². The second-order valence-corrected chi connectivity index (χ2v) is 7.21. The summed E-state index contributed by atoms with van der Waals surface area (Å²) in [5.41, 5.74) is 1.27. The number of nitrogens with zero attached hydrogens (tertiary/aromatic N) is 2. The van der Waals surface area contributed by atoms with Crippen molar-refractivity contribution in [3.8, 4) is 11.3 Å². The van der Waals surface area contributed by atoms with Gasteiger partial charge in [0.1, 0.15) is 0 Å². The van der Waals surface area contributed by atoms with E-state index in [1.54, 1.807) is 6.20 Å². The summed E-state index contributed by atoms with van der Waals surface area (Å²) in [6, 6.07) is 9.95. The molecule has 0 radical (unpaired) electrons. The second-order valence-electron chi connectivity index (χ2n) is 7.21. The Hall–Kier alpha value is -2.14. The lowest BCUT2D eigenvalue weighted by Crippen LogP contribution is -2.32. The van der Waals surface area contributed by atoms with Crippen LogP contribution in [0.15, 0.2) is 40.9 Å². The van der Waals surface area contributed by atoms with Crippen LogP contribution in [0, 0.1) is 5.41 Å². The van der Waals surface area contributed by atoms with Crippen molar-refractivity contribution in [2.45, 2.75) is 32.1 Å². The van der Waals surface area contributed by atoms with Gasteiger partial charge >= 0.3 is 0 Å². The molecule has 5 nitrogen and oxygen atoms in total. The fraction of sp³-hybridized carbons (Fsp3) is 0.500. The molecule has 5 heteroatoms. The molecule has 25 heavy (non-hydrogen) atoms. The van der Waals surface area contributed by atoms with Gasteiger partial charge in [-0.15, -0.1) is 0 Å². The molecule has 4 rings (SSSR count). The van der Waals surface area contributed by atoms with E-state index in [1.807, 2.05) is 35.2 Å². The smallest absolute Gasteiger partial charge is 0.222 e. The molecular formula is C20H24N2O3. The van der Waals surface area contributed by atoms with Crippen molar-refractivity contribution in [1.29, 1.82) is 0 Å². The zero-order valence-corrected chi connectivity index (χ0v) is 14.4. The Bertz CT molecular complexity index is 720. The maximum atomic E-state index is 12.4. The molecule has 2 aliphatic rings. The number of amides is 1. The molecule has 1 amide bonds. The summed E-state index contributed by atoms with van der Waals surface area (Å²) >= 11 is 0. The molecule has 1 aromatic heterocycles. The Morgan fingerprint density at radius 3 is 2.92 bits per heavy atom. The molecule has 0 bridgehead atoms. The molecule has 2 aromatic rings. The van der Waals surface area contributed by atoms with E-state index in [2.05, 4.69) is 4.98 Å². The van der Waals surface area contributed by atoms with E-state index < -0.39 is 0 Å². The molecule has 1 unspecified atom stereocenters. The van der Waals surface area contributed by atoms with E-state index >= 15 is 0 Å². The minimum Gasteiger partial charge on any atom is -0.441 e. The van der Waals surface area contributed by atoms with E-state index in [-0.39, 0.29) is 11.3 Å². The summed E-state index contributed by atoms with van der Waals surface area (Å²) in [6.45, 7) is 3.40. The van der Waals surface area contributed by atoms with Crippen molar-refractivity contribution in [2.75, 3.05) is 26.3 Å². The third-order valence-corrected chi connectivity index (χ3v) is 5.37. The number of oxazole rings is 1. The largest absolute Gasteiger partial charge is 0.441 e. The minimum atomic E-state index is 0.239. The van der Waals surface area contributed by atoms with E-state index in [0.717, 1.165) is 56.9 Å². The van der Waals surface area contributed by atoms with Crippen LogP contribution in [0.1, 0.15) is 31.6 Å². The number of hydrogen-bond donors (Lipinski definition) is 0. The number of carbonyl (C=O) groups is 1. The summed E-state index contributed by atoms with van der Waals surface area (Å²) in [5, 5.41) is 0. The molecule has 0 saturated carbocycles. The molecule has 2 aliphatic heterocycles. The predicted molar refractivity (Wildman–Crippen MR) is 93.9 cm³/mol. The highest BCUT2D eigenvalue weighted by molar-refractivity contribution is 5.76. The van der Waals surface area contributed by atoms with Gasteiger partial charge in [0, 0.05) is 43.5 Å². The molecule has 1 aromatic carbocycles. The lowest BCUT2D eigenvalue weighted by atomic mass is 9.87. The van der Waals surface area contributed by atoms with Crippen molar-refractivity contribution in [1.82, 2.24) is 9.88 Å². The Labute approximate surface area is 148 Å². The predicted octanol–water partition coefficient (Wildman–Crippen LogP) is 3.30. The van der Waals surface area contributed by atoms with E-state index in [1.165, 1.54) is 0 Å². The first-order valence-corrected chi connectivity index (χ1v) is 9.10. The first kappa shape index (κ1) is 16.3. The summed E-state index contributed by atoms with van der Waals surface area (Å²) in [4.78, 5) is 18.8. The quantitative estimate of drug-likeness (QED) is 0.838. The van der Waals surface area contributed by atoms with E-state index in [4.69, 9.17) is 9.15 Å². The summed E-state index contributed by atoms with van der Waals surface area (Å²) in [7, 11) is 0. The van der Waals surface area contributed by atoms with Gasteiger partial charge in [0.15, 0.2) is 11.7 Å². The highest BCUT2D eigenvalue weighted by Crippen LogP contribution is 2.38. The monoisotopic (exact) mass is 340 g/mol. The van der Waals surface area contributed by atoms with Gasteiger partial charge in [-0.05, 0) is 19.3 Å². The molecule has 2 saturated heterocycles. The zero-order valence-electron chi connectivity index (χ0n) is 14.4. The number of ether oxygens (including phenoxy) is 1. The van der Waals surface area contributed by atoms with Crippen LogP contribution < -0.4 is 0 Å². The van der Waals surface area contributed by atoms with Crippen LogP contribution in [-0.4, -0.2) is 42.1 Å². The number of likely N-dealkylation sites (tertiary alicyclic amines) is 1. The van der Waals surface area contributed by atoms with Crippen LogP contribution in [0.3, 0.4) is 0 Å². The third kappa shape index (κ3) is 3.61. The van der Waals surface area contributed by atoms with E-state index in [9.17, 15) is 4.79 Å². The van der Waals surface area contributed by atoms with Crippen LogP contribution in [0.2, 0.25) is 0 Å². The van der Waals surface area contributed by atoms with Crippen LogP contribution in [0.5, 0.6) is 0 Å². The SMILES string of the molecule is O=C(CCCc1ncc(-c2ccccc2)o1)N1CCC2(CCOC2)C1. The Morgan fingerprint density at radius 1 is 1.24 bits per heavy atom. The maximum absolute atomic E-state index is 12.4. The minimum absolute atomic E-state index is 0.239. The van der Waals surface area contributed by atoms with E-state index in [0.29, 0.717) is 18.7 Å². The summed E-state index contributed by atoms with van der Waals surface area (Å²) in [5.74, 6) is 1.73. The number of carbonyl (C=O) groups excluding carboxylic acids is 1. The van der Waals surface area contributed by atoms with Gasteiger partial charge in [-0.3, -0.25) is 4.79 Å². The van der Waals surface area contributed by atoms with Crippen LogP contribution >= 0.6 is 0 Å². The topological polar surface area (TPSA) is 55.6 Å². The zero-order chi connectivity index (χ0) is 17.1. The number of benzene rings is 1. The molecule has 2 fully saturated rings. The van der Waals surface area contributed by atoms with Gasteiger partial charge in [-0.1, -0.05) is 30.3 Å². The average molecular weight is 340 g/mol. The molecule has 1 spiro atoms. The van der Waals surface area contributed by atoms with Crippen molar-refractivity contribution in [3.63, 3.8) is 0 Å². The highest BCUT2D eigenvalue weighted by atomic mass is 16.5. The molecular weight excluding hydrogens is 316 g/mol. The number of aromatic nitrogens is 1. The van der Waals surface area contributed by atoms with Gasteiger partial charge in [-0.2, -0.15) is 0 Å². The van der Waals surface area contributed by atoms with Gasteiger partial charge < -0.3 is 14.1 Å². The lowest BCUT2D eigenvalue weighted by Gasteiger charge is -2.21. The average Bonchev–Trinajstić information content (AvgIpc) is 3.38. The van der Waals surface area contributed by atoms with Crippen molar-refractivity contribution in [2.24, 2.45) is 5.41 Å². The first-order valence-electron chi connectivity index (χ1n) is 9.10. The maximum Gasteiger partial charge on any atom is 0.222 e.